The second-order valence-electron chi connectivity index (χ2n) is 3.43. The Morgan fingerprint density at radius 1 is 1.21 bits per heavy atom. The molecule has 3 rings (SSSR count). The summed E-state index contributed by atoms with van der Waals surface area (Å²) in [5.41, 5.74) is 2.13. The topological polar surface area (TPSA) is 52.4 Å². The van der Waals surface area contributed by atoms with Crippen LogP contribution in [0.15, 0.2) is 30.4 Å². The van der Waals surface area contributed by atoms with Gasteiger partial charge in [-0.25, -0.2) is 0 Å². The normalized spacial score (nSPS) is 26.6. The van der Waals surface area contributed by atoms with Crippen molar-refractivity contribution in [2.75, 3.05) is 0 Å². The molecule has 2 heterocycles. The third-order valence-electron chi connectivity index (χ3n) is 2.65. The zero-order chi connectivity index (χ0) is 9.71. The van der Waals surface area contributed by atoms with Crippen molar-refractivity contribution in [3.8, 4) is 0 Å². The average Bonchev–Trinajstić information content (AvgIpc) is 2.77. The molecule has 0 saturated heterocycles. The fourth-order valence-corrected chi connectivity index (χ4v) is 1.99. The lowest BCUT2D eigenvalue weighted by Gasteiger charge is -2.05. The van der Waals surface area contributed by atoms with E-state index in [4.69, 9.17) is 4.74 Å². The molecule has 0 spiro atoms. The summed E-state index contributed by atoms with van der Waals surface area (Å²) in [5.74, 6) is 0. The number of nitrogens with zero attached hydrogens (tertiary/aromatic N) is 1. The molecule has 4 nitrogen and oxygen atoms in total. The highest BCUT2D eigenvalue weighted by Gasteiger charge is 2.34. The minimum atomic E-state index is -0.379. The largest absolute Gasteiger partial charge is 0.357 e. The lowest BCUT2D eigenvalue weighted by Crippen LogP contribution is -1.95. The number of rotatable bonds is 1. The molecule has 0 radical (unpaired) electrons. The first-order valence-corrected chi connectivity index (χ1v) is 4.38. The van der Waals surface area contributed by atoms with Crippen LogP contribution in [0.2, 0.25) is 0 Å². The van der Waals surface area contributed by atoms with Crippen molar-refractivity contribution in [2.45, 2.75) is 12.2 Å². The number of fused-ring (bicyclic) bond motifs is 5. The molecular formula is C10H7NO3. The number of hydrogen-bond acceptors (Lipinski definition) is 3. The molecule has 0 aliphatic carbocycles. The lowest BCUT2D eigenvalue weighted by molar-refractivity contribution is -0.384. The van der Waals surface area contributed by atoms with Gasteiger partial charge in [-0.1, -0.05) is 12.2 Å². The molecule has 0 unspecified atom stereocenters. The van der Waals surface area contributed by atoms with Crippen molar-refractivity contribution in [3.63, 3.8) is 0 Å². The smallest absolute Gasteiger partial charge is 0.269 e. The molecule has 0 fully saturated rings. The van der Waals surface area contributed by atoms with Gasteiger partial charge >= 0.3 is 0 Å². The number of benzene rings is 1. The van der Waals surface area contributed by atoms with Gasteiger partial charge in [0.1, 0.15) is 12.2 Å². The third-order valence-corrected chi connectivity index (χ3v) is 2.65. The molecule has 70 valence electrons. The molecule has 2 atom stereocenters. The number of hydrogen-bond donors (Lipinski definition) is 0. The van der Waals surface area contributed by atoms with Crippen molar-refractivity contribution in [2.24, 2.45) is 0 Å². The maximum atomic E-state index is 10.6. The molecule has 0 aromatic heterocycles. The molecule has 2 bridgehead atoms. The lowest BCUT2D eigenvalue weighted by atomic mass is 9.96. The van der Waals surface area contributed by atoms with E-state index >= 15 is 0 Å². The summed E-state index contributed by atoms with van der Waals surface area (Å²) in [6.45, 7) is 0. The Bertz CT molecular complexity index is 453. The zero-order valence-electron chi connectivity index (χ0n) is 7.21. The predicted molar refractivity (Wildman–Crippen MR) is 48.8 cm³/mol. The highest BCUT2D eigenvalue weighted by Crippen LogP contribution is 2.46. The fourth-order valence-electron chi connectivity index (χ4n) is 1.99. The van der Waals surface area contributed by atoms with Gasteiger partial charge in [0.15, 0.2) is 0 Å². The van der Waals surface area contributed by atoms with Crippen LogP contribution in [0.25, 0.3) is 0 Å². The van der Waals surface area contributed by atoms with Gasteiger partial charge in [0.05, 0.1) is 4.92 Å². The minimum absolute atomic E-state index is 0.0100. The van der Waals surface area contributed by atoms with Crippen molar-refractivity contribution in [1.29, 1.82) is 0 Å². The van der Waals surface area contributed by atoms with E-state index in [-0.39, 0.29) is 22.8 Å². The maximum absolute atomic E-state index is 10.6. The SMILES string of the molecule is O=[N+]([O-])c1ccc2c(c1)[C@H]1C=C[C@@H]2O1. The van der Waals surface area contributed by atoms with Gasteiger partial charge in [0.2, 0.25) is 0 Å². The molecular weight excluding hydrogens is 182 g/mol. The summed E-state index contributed by atoms with van der Waals surface area (Å²) in [5, 5.41) is 10.6. The number of non-ortho nitro benzene ring substituents is 1. The Labute approximate surface area is 80.0 Å². The van der Waals surface area contributed by atoms with Crippen molar-refractivity contribution in [1.82, 2.24) is 0 Å². The third kappa shape index (κ3) is 0.858. The zero-order valence-corrected chi connectivity index (χ0v) is 7.21. The van der Waals surface area contributed by atoms with Gasteiger partial charge in [-0.2, -0.15) is 0 Å². The first-order chi connectivity index (χ1) is 6.75. The fraction of sp³-hybridized carbons (Fsp3) is 0.200. The van der Waals surface area contributed by atoms with Gasteiger partial charge in [-0.05, 0) is 17.2 Å². The Kier molecular flexibility index (Phi) is 1.33. The molecule has 1 aromatic carbocycles. The van der Waals surface area contributed by atoms with E-state index < -0.39 is 0 Å². The van der Waals surface area contributed by atoms with Crippen LogP contribution in [-0.4, -0.2) is 4.92 Å². The van der Waals surface area contributed by atoms with Gasteiger partial charge in [0, 0.05) is 12.1 Å². The van der Waals surface area contributed by atoms with E-state index in [1.165, 1.54) is 6.07 Å². The Hall–Kier alpha value is -1.68. The summed E-state index contributed by atoms with van der Waals surface area (Å²) in [4.78, 5) is 10.2. The molecule has 2 aliphatic rings. The monoisotopic (exact) mass is 189 g/mol. The summed E-state index contributed by atoms with van der Waals surface area (Å²) in [6.07, 6.45) is 3.86. The van der Waals surface area contributed by atoms with E-state index in [1.807, 2.05) is 12.2 Å². The van der Waals surface area contributed by atoms with E-state index in [2.05, 4.69) is 0 Å². The molecule has 14 heavy (non-hydrogen) atoms. The quantitative estimate of drug-likeness (QED) is 0.387. The molecule has 0 N–H and O–H groups in total. The Morgan fingerprint density at radius 3 is 2.64 bits per heavy atom. The molecule has 0 saturated carbocycles. The Balaban J connectivity index is 2.15. The second kappa shape index (κ2) is 2.42. The maximum Gasteiger partial charge on any atom is 0.269 e. The highest BCUT2D eigenvalue weighted by molar-refractivity contribution is 5.49. The minimum Gasteiger partial charge on any atom is -0.357 e. The first kappa shape index (κ1) is 7.70. The molecule has 1 aromatic rings. The summed E-state index contributed by atoms with van der Waals surface area (Å²) in [7, 11) is 0. The van der Waals surface area contributed by atoms with E-state index in [0.717, 1.165) is 11.1 Å². The van der Waals surface area contributed by atoms with Crippen LogP contribution in [0, 0.1) is 10.1 Å². The first-order valence-electron chi connectivity index (χ1n) is 4.38. The predicted octanol–water partition coefficient (Wildman–Crippen LogP) is 2.28. The van der Waals surface area contributed by atoms with Gasteiger partial charge in [0.25, 0.3) is 5.69 Å². The average molecular weight is 189 g/mol. The standard InChI is InChI=1S/C10H7NO3/c12-11(13)6-1-2-7-8(5-6)10-4-3-9(7)14-10/h1-5,9-10H/t9-,10+/m0/s1. The van der Waals surface area contributed by atoms with E-state index in [1.54, 1.807) is 12.1 Å². The van der Waals surface area contributed by atoms with Crippen molar-refractivity contribution >= 4 is 5.69 Å². The van der Waals surface area contributed by atoms with Gasteiger partial charge in [-0.3, -0.25) is 10.1 Å². The molecule has 2 aliphatic heterocycles. The van der Waals surface area contributed by atoms with Gasteiger partial charge in [-0.15, -0.1) is 0 Å². The van der Waals surface area contributed by atoms with Gasteiger partial charge < -0.3 is 4.74 Å². The van der Waals surface area contributed by atoms with E-state index in [0.29, 0.717) is 0 Å². The second-order valence-corrected chi connectivity index (χ2v) is 3.43. The Morgan fingerprint density at radius 2 is 1.93 bits per heavy atom. The number of ether oxygens (including phenoxy) is 1. The van der Waals surface area contributed by atoms with Crippen LogP contribution < -0.4 is 0 Å². The van der Waals surface area contributed by atoms with Crippen LogP contribution in [0.1, 0.15) is 23.3 Å². The molecule has 0 amide bonds. The highest BCUT2D eigenvalue weighted by atomic mass is 16.6. The molecule has 4 heteroatoms. The van der Waals surface area contributed by atoms with Crippen LogP contribution in [-0.2, 0) is 4.74 Å². The van der Waals surface area contributed by atoms with Crippen LogP contribution >= 0.6 is 0 Å². The number of nitro benzene ring substituents is 1. The number of nitro groups is 1. The van der Waals surface area contributed by atoms with Crippen molar-refractivity contribution < 1.29 is 9.66 Å². The van der Waals surface area contributed by atoms with Crippen LogP contribution in [0.3, 0.4) is 0 Å². The summed E-state index contributed by atoms with van der Waals surface area (Å²) >= 11 is 0. The summed E-state index contributed by atoms with van der Waals surface area (Å²) in [6, 6.07) is 4.90. The van der Waals surface area contributed by atoms with Crippen LogP contribution in [0.4, 0.5) is 5.69 Å². The van der Waals surface area contributed by atoms with E-state index in [9.17, 15) is 10.1 Å². The van der Waals surface area contributed by atoms with Crippen molar-refractivity contribution in [3.05, 3.63) is 51.6 Å². The van der Waals surface area contributed by atoms with Crippen LogP contribution in [0.5, 0.6) is 0 Å². The summed E-state index contributed by atoms with van der Waals surface area (Å²) < 4.78 is 5.54.